The molecule has 0 unspecified atom stereocenters. The number of nitrogens with one attached hydrogen (secondary N) is 1. The van der Waals surface area contributed by atoms with E-state index < -0.39 is 0 Å². The first-order chi connectivity index (χ1) is 13.6. The SMILES string of the molecule is CCN(CC)C(=O)c1ccc(NC(=O)CSc2ccc3ccccc3c2)cc1. The zero-order valence-corrected chi connectivity index (χ0v) is 17.0. The summed E-state index contributed by atoms with van der Waals surface area (Å²) in [4.78, 5) is 27.4. The lowest BCUT2D eigenvalue weighted by atomic mass is 10.1. The molecule has 1 N–H and O–H groups in total. The lowest BCUT2D eigenvalue weighted by molar-refractivity contribution is -0.113. The summed E-state index contributed by atoms with van der Waals surface area (Å²) in [6.07, 6.45) is 0. The highest BCUT2D eigenvalue weighted by atomic mass is 32.2. The maximum Gasteiger partial charge on any atom is 0.253 e. The summed E-state index contributed by atoms with van der Waals surface area (Å²) in [5.74, 6) is 0.272. The van der Waals surface area contributed by atoms with Gasteiger partial charge in [-0.3, -0.25) is 9.59 Å². The van der Waals surface area contributed by atoms with E-state index in [0.29, 0.717) is 30.1 Å². The fraction of sp³-hybridized carbons (Fsp3) is 0.217. The number of carbonyl (C=O) groups excluding carboxylic acids is 2. The number of hydrogen-bond donors (Lipinski definition) is 1. The van der Waals surface area contributed by atoms with Crippen LogP contribution < -0.4 is 5.32 Å². The molecule has 0 radical (unpaired) electrons. The minimum Gasteiger partial charge on any atom is -0.339 e. The predicted octanol–water partition coefficient (Wildman–Crippen LogP) is 5.05. The second kappa shape index (κ2) is 9.42. The van der Waals surface area contributed by atoms with Crippen LogP contribution in [-0.2, 0) is 4.79 Å². The van der Waals surface area contributed by atoms with Crippen LogP contribution in [-0.4, -0.2) is 35.6 Å². The lowest BCUT2D eigenvalue weighted by Gasteiger charge is -2.18. The molecule has 3 aromatic rings. The smallest absolute Gasteiger partial charge is 0.253 e. The molecule has 0 bridgehead atoms. The summed E-state index contributed by atoms with van der Waals surface area (Å²) >= 11 is 1.51. The minimum absolute atomic E-state index is 0.00902. The first-order valence-corrected chi connectivity index (χ1v) is 10.4. The van der Waals surface area contributed by atoms with Crippen molar-refractivity contribution < 1.29 is 9.59 Å². The fourth-order valence-corrected chi connectivity index (χ4v) is 3.74. The van der Waals surface area contributed by atoms with Crippen molar-refractivity contribution in [1.82, 2.24) is 4.90 Å². The van der Waals surface area contributed by atoms with Gasteiger partial charge in [0.1, 0.15) is 0 Å². The van der Waals surface area contributed by atoms with Gasteiger partial charge in [0.05, 0.1) is 5.75 Å². The number of rotatable bonds is 7. The van der Waals surface area contributed by atoms with Crippen LogP contribution in [0.5, 0.6) is 0 Å². The quantitative estimate of drug-likeness (QED) is 0.572. The molecule has 144 valence electrons. The molecule has 28 heavy (non-hydrogen) atoms. The molecule has 5 heteroatoms. The Morgan fingerprint density at radius 3 is 2.25 bits per heavy atom. The van der Waals surface area contributed by atoms with Crippen molar-refractivity contribution in [2.24, 2.45) is 0 Å². The van der Waals surface area contributed by atoms with Crippen LogP contribution in [0.3, 0.4) is 0 Å². The van der Waals surface area contributed by atoms with Gasteiger partial charge in [-0.25, -0.2) is 0 Å². The Hall–Kier alpha value is -2.79. The van der Waals surface area contributed by atoms with Crippen LogP contribution in [0, 0.1) is 0 Å². The van der Waals surface area contributed by atoms with Crippen LogP contribution in [0.4, 0.5) is 5.69 Å². The first-order valence-electron chi connectivity index (χ1n) is 9.41. The zero-order chi connectivity index (χ0) is 19.9. The van der Waals surface area contributed by atoms with Gasteiger partial charge in [0.25, 0.3) is 5.91 Å². The van der Waals surface area contributed by atoms with Crippen molar-refractivity contribution in [2.75, 3.05) is 24.2 Å². The third-order valence-electron chi connectivity index (χ3n) is 4.56. The summed E-state index contributed by atoms with van der Waals surface area (Å²) in [5.41, 5.74) is 1.33. The van der Waals surface area contributed by atoms with Gasteiger partial charge in [0, 0.05) is 29.2 Å². The molecule has 3 rings (SSSR count). The molecule has 0 saturated heterocycles. The average Bonchev–Trinajstić information content (AvgIpc) is 2.73. The van der Waals surface area contributed by atoms with Gasteiger partial charge in [-0.15, -0.1) is 11.8 Å². The van der Waals surface area contributed by atoms with Crippen LogP contribution in [0.2, 0.25) is 0 Å². The number of anilines is 1. The molecule has 0 saturated carbocycles. The maximum absolute atomic E-state index is 12.3. The lowest BCUT2D eigenvalue weighted by Crippen LogP contribution is -2.30. The molecule has 0 fully saturated rings. The molecule has 3 aromatic carbocycles. The van der Waals surface area contributed by atoms with E-state index in [-0.39, 0.29) is 11.8 Å². The monoisotopic (exact) mass is 392 g/mol. The number of benzene rings is 3. The van der Waals surface area contributed by atoms with Crippen LogP contribution >= 0.6 is 11.8 Å². The highest BCUT2D eigenvalue weighted by Crippen LogP contribution is 2.24. The normalized spacial score (nSPS) is 10.6. The molecule has 0 aliphatic heterocycles. The standard InChI is InChI=1S/C23H24N2O2S/c1-3-25(4-2)23(27)18-9-12-20(13-10-18)24-22(26)16-28-21-14-11-17-7-5-6-8-19(17)15-21/h5-15H,3-4,16H2,1-2H3,(H,24,26). The highest BCUT2D eigenvalue weighted by Gasteiger charge is 2.12. The fourth-order valence-electron chi connectivity index (χ4n) is 2.99. The van der Waals surface area contributed by atoms with E-state index in [4.69, 9.17) is 0 Å². The third kappa shape index (κ3) is 4.93. The number of amides is 2. The van der Waals surface area contributed by atoms with Crippen molar-refractivity contribution in [2.45, 2.75) is 18.7 Å². The Balaban J connectivity index is 1.56. The van der Waals surface area contributed by atoms with Gasteiger partial charge in [0.2, 0.25) is 5.91 Å². The van der Waals surface area contributed by atoms with E-state index in [1.807, 2.05) is 32.0 Å². The summed E-state index contributed by atoms with van der Waals surface area (Å²) in [7, 11) is 0. The molecule has 4 nitrogen and oxygen atoms in total. The molecule has 2 amide bonds. The molecule has 0 heterocycles. The Morgan fingerprint density at radius 1 is 0.893 bits per heavy atom. The molecule has 0 aromatic heterocycles. The molecular weight excluding hydrogens is 368 g/mol. The molecule has 0 spiro atoms. The van der Waals surface area contributed by atoms with Crippen LogP contribution in [0.25, 0.3) is 10.8 Å². The molecule has 0 aliphatic rings. The Morgan fingerprint density at radius 2 is 1.57 bits per heavy atom. The summed E-state index contributed by atoms with van der Waals surface area (Å²) in [6.45, 7) is 5.28. The molecule has 0 atom stereocenters. The number of thioether (sulfide) groups is 1. The number of carbonyl (C=O) groups is 2. The third-order valence-corrected chi connectivity index (χ3v) is 5.55. The second-order valence-electron chi connectivity index (χ2n) is 6.40. The second-order valence-corrected chi connectivity index (χ2v) is 7.45. The largest absolute Gasteiger partial charge is 0.339 e. The Kier molecular flexibility index (Phi) is 6.71. The van der Waals surface area contributed by atoms with E-state index in [1.54, 1.807) is 29.2 Å². The summed E-state index contributed by atoms with van der Waals surface area (Å²) in [6, 6.07) is 21.4. The maximum atomic E-state index is 12.3. The predicted molar refractivity (Wildman–Crippen MR) is 117 cm³/mol. The summed E-state index contributed by atoms with van der Waals surface area (Å²) in [5, 5.41) is 5.25. The zero-order valence-electron chi connectivity index (χ0n) is 16.1. The molecular formula is C23H24N2O2S. The van der Waals surface area contributed by atoms with Gasteiger partial charge in [0.15, 0.2) is 0 Å². The van der Waals surface area contributed by atoms with Crippen molar-refractivity contribution in [3.05, 3.63) is 72.3 Å². The van der Waals surface area contributed by atoms with Crippen molar-refractivity contribution >= 4 is 40.0 Å². The first kappa shape index (κ1) is 20.0. The van der Waals surface area contributed by atoms with Crippen molar-refractivity contribution in [3.63, 3.8) is 0 Å². The van der Waals surface area contributed by atoms with Crippen molar-refractivity contribution in [1.29, 1.82) is 0 Å². The van der Waals surface area contributed by atoms with E-state index in [1.165, 1.54) is 22.5 Å². The number of hydrogen-bond acceptors (Lipinski definition) is 3. The molecule has 0 aliphatic carbocycles. The van der Waals surface area contributed by atoms with E-state index in [2.05, 4.69) is 29.6 Å². The van der Waals surface area contributed by atoms with Gasteiger partial charge in [-0.1, -0.05) is 30.3 Å². The highest BCUT2D eigenvalue weighted by molar-refractivity contribution is 8.00. The Labute approximate surface area is 169 Å². The van der Waals surface area contributed by atoms with Gasteiger partial charge in [-0.05, 0) is 61.0 Å². The topological polar surface area (TPSA) is 49.4 Å². The van der Waals surface area contributed by atoms with Gasteiger partial charge >= 0.3 is 0 Å². The number of fused-ring (bicyclic) bond motifs is 1. The Bertz CT molecular complexity index is 966. The van der Waals surface area contributed by atoms with E-state index in [0.717, 1.165) is 4.90 Å². The van der Waals surface area contributed by atoms with Gasteiger partial charge in [-0.2, -0.15) is 0 Å². The van der Waals surface area contributed by atoms with E-state index in [9.17, 15) is 9.59 Å². The average molecular weight is 393 g/mol. The van der Waals surface area contributed by atoms with E-state index >= 15 is 0 Å². The van der Waals surface area contributed by atoms with Crippen molar-refractivity contribution in [3.8, 4) is 0 Å². The van der Waals surface area contributed by atoms with Gasteiger partial charge < -0.3 is 10.2 Å². The minimum atomic E-state index is -0.0685. The number of nitrogens with zero attached hydrogens (tertiary/aromatic N) is 1. The van der Waals surface area contributed by atoms with Crippen LogP contribution in [0.1, 0.15) is 24.2 Å². The van der Waals surface area contributed by atoms with Crippen LogP contribution in [0.15, 0.2) is 71.6 Å². The summed E-state index contributed by atoms with van der Waals surface area (Å²) < 4.78 is 0.